The lowest BCUT2D eigenvalue weighted by Crippen LogP contribution is -2.25. The molecule has 0 radical (unpaired) electrons. The van der Waals surface area contributed by atoms with E-state index in [1.165, 1.54) is 31.2 Å². The summed E-state index contributed by atoms with van der Waals surface area (Å²) in [5, 5.41) is 6.55. The van der Waals surface area contributed by atoms with Crippen LogP contribution >= 0.6 is 0 Å². The first kappa shape index (κ1) is 16.5. The second-order valence-electron chi connectivity index (χ2n) is 6.25. The first-order chi connectivity index (χ1) is 11.7. The SMILES string of the molecule is COc1ccc(C(=O)Nc2cccc(CNC3CCCC3)c2)cc1. The van der Waals surface area contributed by atoms with E-state index in [4.69, 9.17) is 4.74 Å². The molecule has 0 saturated heterocycles. The normalized spacial score (nSPS) is 14.5. The standard InChI is InChI=1S/C20H24N2O2/c1-24-19-11-9-16(10-12-19)20(23)22-18-8-4-5-15(13-18)14-21-17-6-2-3-7-17/h4-5,8-13,17,21H,2-3,6-7,14H2,1H3,(H,22,23). The molecule has 4 nitrogen and oxygen atoms in total. The molecule has 0 unspecified atom stereocenters. The Morgan fingerprint density at radius 3 is 2.58 bits per heavy atom. The number of carbonyl (C=O) groups excluding carboxylic acids is 1. The Hall–Kier alpha value is -2.33. The van der Waals surface area contributed by atoms with Crippen LogP contribution in [0.5, 0.6) is 5.75 Å². The summed E-state index contributed by atoms with van der Waals surface area (Å²) in [6.07, 6.45) is 5.20. The number of hydrogen-bond acceptors (Lipinski definition) is 3. The number of rotatable bonds is 6. The quantitative estimate of drug-likeness (QED) is 0.845. The topological polar surface area (TPSA) is 50.4 Å². The predicted molar refractivity (Wildman–Crippen MR) is 96.5 cm³/mol. The highest BCUT2D eigenvalue weighted by atomic mass is 16.5. The summed E-state index contributed by atoms with van der Waals surface area (Å²) in [7, 11) is 1.61. The summed E-state index contributed by atoms with van der Waals surface area (Å²) < 4.78 is 5.11. The van der Waals surface area contributed by atoms with Crippen LogP contribution in [0.3, 0.4) is 0 Å². The molecule has 1 aliphatic carbocycles. The number of methoxy groups -OCH3 is 1. The van der Waals surface area contributed by atoms with Crippen LogP contribution in [0.15, 0.2) is 48.5 Å². The van der Waals surface area contributed by atoms with Crippen LogP contribution in [0.25, 0.3) is 0 Å². The zero-order valence-corrected chi connectivity index (χ0v) is 14.0. The molecule has 2 aromatic rings. The number of benzene rings is 2. The van der Waals surface area contributed by atoms with Crippen molar-refractivity contribution >= 4 is 11.6 Å². The average Bonchev–Trinajstić information content (AvgIpc) is 3.14. The van der Waals surface area contributed by atoms with E-state index in [0.717, 1.165) is 18.0 Å². The Bertz CT molecular complexity index is 676. The molecule has 1 amide bonds. The summed E-state index contributed by atoms with van der Waals surface area (Å²) in [5.74, 6) is 0.630. The van der Waals surface area contributed by atoms with Gasteiger partial charge in [-0.2, -0.15) is 0 Å². The van der Waals surface area contributed by atoms with Gasteiger partial charge in [0.25, 0.3) is 5.91 Å². The molecule has 24 heavy (non-hydrogen) atoms. The molecule has 0 aromatic heterocycles. The fourth-order valence-corrected chi connectivity index (χ4v) is 3.10. The third-order valence-electron chi connectivity index (χ3n) is 4.49. The van der Waals surface area contributed by atoms with Gasteiger partial charge in [-0.1, -0.05) is 25.0 Å². The van der Waals surface area contributed by atoms with Crippen molar-refractivity contribution in [3.05, 3.63) is 59.7 Å². The highest BCUT2D eigenvalue weighted by molar-refractivity contribution is 6.04. The van der Waals surface area contributed by atoms with Crippen molar-refractivity contribution in [1.82, 2.24) is 5.32 Å². The van der Waals surface area contributed by atoms with Crippen molar-refractivity contribution in [2.75, 3.05) is 12.4 Å². The Morgan fingerprint density at radius 1 is 1.12 bits per heavy atom. The van der Waals surface area contributed by atoms with Crippen molar-refractivity contribution < 1.29 is 9.53 Å². The minimum Gasteiger partial charge on any atom is -0.497 e. The Kier molecular flexibility index (Phi) is 5.49. The molecule has 4 heteroatoms. The van der Waals surface area contributed by atoms with Gasteiger partial charge in [0.2, 0.25) is 0 Å². The van der Waals surface area contributed by atoms with Gasteiger partial charge >= 0.3 is 0 Å². The van der Waals surface area contributed by atoms with E-state index in [0.29, 0.717) is 11.6 Å². The maximum Gasteiger partial charge on any atom is 0.255 e. The van der Waals surface area contributed by atoms with Crippen LogP contribution in [0.4, 0.5) is 5.69 Å². The van der Waals surface area contributed by atoms with Crippen LogP contribution in [0.2, 0.25) is 0 Å². The molecule has 0 atom stereocenters. The Morgan fingerprint density at radius 2 is 1.88 bits per heavy atom. The van der Waals surface area contributed by atoms with E-state index in [2.05, 4.69) is 16.7 Å². The molecule has 3 rings (SSSR count). The van der Waals surface area contributed by atoms with Crippen LogP contribution in [0, 0.1) is 0 Å². The smallest absolute Gasteiger partial charge is 0.255 e. The van der Waals surface area contributed by atoms with Gasteiger partial charge in [0.05, 0.1) is 7.11 Å². The number of carbonyl (C=O) groups is 1. The van der Waals surface area contributed by atoms with Crippen molar-refractivity contribution in [3.8, 4) is 5.75 Å². The zero-order valence-electron chi connectivity index (χ0n) is 14.0. The van der Waals surface area contributed by atoms with Crippen molar-refractivity contribution in [3.63, 3.8) is 0 Å². The van der Waals surface area contributed by atoms with Gasteiger partial charge in [-0.3, -0.25) is 4.79 Å². The molecule has 2 aromatic carbocycles. The second-order valence-corrected chi connectivity index (χ2v) is 6.25. The molecule has 0 aliphatic heterocycles. The average molecular weight is 324 g/mol. The molecule has 1 aliphatic rings. The van der Waals surface area contributed by atoms with Crippen LogP contribution in [-0.4, -0.2) is 19.1 Å². The maximum absolute atomic E-state index is 12.3. The molecule has 2 N–H and O–H groups in total. The van der Waals surface area contributed by atoms with E-state index >= 15 is 0 Å². The molecular formula is C20H24N2O2. The third kappa shape index (κ3) is 4.36. The van der Waals surface area contributed by atoms with Gasteiger partial charge in [-0.05, 0) is 54.8 Å². The van der Waals surface area contributed by atoms with Gasteiger partial charge in [-0.15, -0.1) is 0 Å². The third-order valence-corrected chi connectivity index (χ3v) is 4.49. The van der Waals surface area contributed by atoms with Crippen molar-refractivity contribution in [1.29, 1.82) is 0 Å². The van der Waals surface area contributed by atoms with Gasteiger partial charge in [0.1, 0.15) is 5.75 Å². The lowest BCUT2D eigenvalue weighted by atomic mass is 10.1. The summed E-state index contributed by atoms with van der Waals surface area (Å²) >= 11 is 0. The molecule has 1 saturated carbocycles. The van der Waals surface area contributed by atoms with E-state index in [1.54, 1.807) is 31.4 Å². The predicted octanol–water partition coefficient (Wildman–Crippen LogP) is 3.98. The molecule has 126 valence electrons. The van der Waals surface area contributed by atoms with Crippen LogP contribution in [0.1, 0.15) is 41.6 Å². The van der Waals surface area contributed by atoms with Gasteiger partial charge in [0.15, 0.2) is 0 Å². The van der Waals surface area contributed by atoms with Crippen molar-refractivity contribution in [2.45, 2.75) is 38.3 Å². The Labute approximate surface area is 143 Å². The lowest BCUT2D eigenvalue weighted by Gasteiger charge is -2.13. The van der Waals surface area contributed by atoms with Gasteiger partial charge < -0.3 is 15.4 Å². The first-order valence-corrected chi connectivity index (χ1v) is 8.52. The molecule has 0 bridgehead atoms. The van der Waals surface area contributed by atoms with E-state index in [-0.39, 0.29) is 5.91 Å². The van der Waals surface area contributed by atoms with Gasteiger partial charge in [-0.25, -0.2) is 0 Å². The minimum atomic E-state index is -0.112. The van der Waals surface area contributed by atoms with E-state index in [9.17, 15) is 4.79 Å². The monoisotopic (exact) mass is 324 g/mol. The van der Waals surface area contributed by atoms with Crippen LogP contribution in [-0.2, 0) is 6.54 Å². The summed E-state index contributed by atoms with van der Waals surface area (Å²) in [6.45, 7) is 0.844. The molecule has 0 spiro atoms. The molecule has 1 fully saturated rings. The number of amides is 1. The number of hydrogen-bond donors (Lipinski definition) is 2. The first-order valence-electron chi connectivity index (χ1n) is 8.52. The van der Waals surface area contributed by atoms with E-state index < -0.39 is 0 Å². The van der Waals surface area contributed by atoms with E-state index in [1.807, 2.05) is 18.2 Å². The summed E-state index contributed by atoms with van der Waals surface area (Å²) in [5.41, 5.74) is 2.63. The molecule has 0 heterocycles. The number of ether oxygens (including phenoxy) is 1. The van der Waals surface area contributed by atoms with Gasteiger partial charge in [0, 0.05) is 23.8 Å². The lowest BCUT2D eigenvalue weighted by molar-refractivity contribution is 0.102. The zero-order chi connectivity index (χ0) is 16.8. The summed E-state index contributed by atoms with van der Waals surface area (Å²) in [6, 6.07) is 15.8. The fraction of sp³-hybridized carbons (Fsp3) is 0.350. The molecular weight excluding hydrogens is 300 g/mol. The highest BCUT2D eigenvalue weighted by Crippen LogP contribution is 2.19. The minimum absolute atomic E-state index is 0.112. The number of nitrogens with one attached hydrogen (secondary N) is 2. The maximum atomic E-state index is 12.3. The largest absolute Gasteiger partial charge is 0.497 e. The van der Waals surface area contributed by atoms with Crippen molar-refractivity contribution in [2.24, 2.45) is 0 Å². The fourth-order valence-electron chi connectivity index (χ4n) is 3.10. The van der Waals surface area contributed by atoms with Crippen LogP contribution < -0.4 is 15.4 Å². The second kappa shape index (κ2) is 7.97. The summed E-state index contributed by atoms with van der Waals surface area (Å²) in [4.78, 5) is 12.3. The highest BCUT2D eigenvalue weighted by Gasteiger charge is 2.14. The Balaban J connectivity index is 1.59. The number of anilines is 1.